The van der Waals surface area contributed by atoms with E-state index in [1.807, 2.05) is 0 Å². The Labute approximate surface area is 105 Å². The molecule has 5 heteroatoms. The van der Waals surface area contributed by atoms with Gasteiger partial charge < -0.3 is 15.8 Å². The molecule has 2 rings (SSSR count). The summed E-state index contributed by atoms with van der Waals surface area (Å²) in [6.07, 6.45) is 2.48. The van der Waals surface area contributed by atoms with E-state index >= 15 is 0 Å². The molecule has 1 amide bonds. The van der Waals surface area contributed by atoms with Crippen molar-refractivity contribution in [3.63, 3.8) is 0 Å². The van der Waals surface area contributed by atoms with Gasteiger partial charge in [0.05, 0.1) is 12.2 Å². The van der Waals surface area contributed by atoms with Crippen LogP contribution in [0.5, 0.6) is 0 Å². The zero-order chi connectivity index (χ0) is 13.0. The number of rotatable bonds is 6. The summed E-state index contributed by atoms with van der Waals surface area (Å²) in [4.78, 5) is 11.6. The first kappa shape index (κ1) is 12.8. The molecular formula is C13H17FN2O2. The Bertz CT molecular complexity index is 433. The summed E-state index contributed by atoms with van der Waals surface area (Å²) in [5, 5.41) is 2.61. The quantitative estimate of drug-likeness (QED) is 0.596. The van der Waals surface area contributed by atoms with Crippen LogP contribution in [0.3, 0.4) is 0 Å². The molecule has 0 heterocycles. The number of benzene rings is 1. The predicted octanol–water partition coefficient (Wildman–Crippen LogP) is 1.56. The number of nitrogen functional groups attached to an aromatic ring is 1. The Kier molecular flexibility index (Phi) is 4.15. The Morgan fingerprint density at radius 3 is 2.94 bits per heavy atom. The lowest BCUT2D eigenvalue weighted by Crippen LogP contribution is -2.28. The lowest BCUT2D eigenvalue weighted by atomic mass is 10.2. The smallest absolute Gasteiger partial charge is 0.254 e. The molecule has 1 saturated carbocycles. The number of ether oxygens (including phenoxy) is 1. The number of halogens is 1. The van der Waals surface area contributed by atoms with Crippen LogP contribution in [0, 0.1) is 11.7 Å². The summed E-state index contributed by atoms with van der Waals surface area (Å²) in [6.45, 7) is 1.60. The first-order chi connectivity index (χ1) is 8.66. The van der Waals surface area contributed by atoms with Crippen LogP contribution in [0.2, 0.25) is 0 Å². The average Bonchev–Trinajstić information content (AvgIpc) is 3.12. The van der Waals surface area contributed by atoms with Crippen molar-refractivity contribution >= 4 is 11.6 Å². The highest BCUT2D eigenvalue weighted by Gasteiger charge is 2.20. The molecule has 0 radical (unpaired) electrons. The van der Waals surface area contributed by atoms with E-state index in [-0.39, 0.29) is 5.56 Å². The monoisotopic (exact) mass is 252 g/mol. The number of hydrogen-bond donors (Lipinski definition) is 2. The Morgan fingerprint density at radius 1 is 1.50 bits per heavy atom. The van der Waals surface area contributed by atoms with E-state index in [4.69, 9.17) is 10.5 Å². The molecule has 1 aliphatic rings. The normalized spacial score (nSPS) is 14.5. The third-order valence-corrected chi connectivity index (χ3v) is 2.82. The highest BCUT2D eigenvalue weighted by atomic mass is 19.1. The standard InChI is InChI=1S/C13H17FN2O2/c14-12-7-10(15)3-4-11(12)13(17)16-5-6-18-8-9-1-2-9/h3-4,7,9H,1-2,5-6,8,15H2,(H,16,17). The molecule has 18 heavy (non-hydrogen) atoms. The van der Waals surface area contributed by atoms with Crippen LogP contribution in [-0.4, -0.2) is 25.7 Å². The van der Waals surface area contributed by atoms with Crippen LogP contribution in [0.4, 0.5) is 10.1 Å². The van der Waals surface area contributed by atoms with Gasteiger partial charge in [-0.25, -0.2) is 4.39 Å². The van der Waals surface area contributed by atoms with Crippen LogP contribution in [-0.2, 0) is 4.74 Å². The largest absolute Gasteiger partial charge is 0.399 e. The van der Waals surface area contributed by atoms with Gasteiger partial charge in [0.25, 0.3) is 5.91 Å². The van der Waals surface area contributed by atoms with Gasteiger partial charge in [-0.1, -0.05) is 0 Å². The topological polar surface area (TPSA) is 64.4 Å². The molecule has 0 bridgehead atoms. The number of carbonyl (C=O) groups is 1. The second-order valence-corrected chi connectivity index (χ2v) is 4.51. The molecule has 0 aliphatic heterocycles. The molecule has 1 aliphatic carbocycles. The van der Waals surface area contributed by atoms with Crippen LogP contribution in [0.15, 0.2) is 18.2 Å². The van der Waals surface area contributed by atoms with Gasteiger partial charge in [-0.05, 0) is 37.0 Å². The van der Waals surface area contributed by atoms with E-state index in [9.17, 15) is 9.18 Å². The van der Waals surface area contributed by atoms with E-state index < -0.39 is 11.7 Å². The van der Waals surface area contributed by atoms with E-state index in [2.05, 4.69) is 5.32 Å². The first-order valence-corrected chi connectivity index (χ1v) is 6.08. The van der Waals surface area contributed by atoms with Gasteiger partial charge in [0.2, 0.25) is 0 Å². The molecule has 0 atom stereocenters. The second-order valence-electron chi connectivity index (χ2n) is 4.51. The van der Waals surface area contributed by atoms with Crippen LogP contribution < -0.4 is 11.1 Å². The molecule has 3 N–H and O–H groups in total. The minimum absolute atomic E-state index is 0.00592. The molecule has 98 valence electrons. The van der Waals surface area contributed by atoms with E-state index in [0.717, 1.165) is 12.7 Å². The summed E-state index contributed by atoms with van der Waals surface area (Å²) >= 11 is 0. The van der Waals surface area contributed by atoms with Crippen molar-refractivity contribution in [2.24, 2.45) is 5.92 Å². The van der Waals surface area contributed by atoms with Gasteiger partial charge in [-0.15, -0.1) is 0 Å². The van der Waals surface area contributed by atoms with Crippen molar-refractivity contribution in [2.45, 2.75) is 12.8 Å². The molecular weight excluding hydrogens is 235 g/mol. The Morgan fingerprint density at radius 2 is 2.28 bits per heavy atom. The molecule has 1 aromatic rings. The molecule has 1 fully saturated rings. The van der Waals surface area contributed by atoms with Crippen molar-refractivity contribution in [2.75, 3.05) is 25.5 Å². The number of anilines is 1. The maximum Gasteiger partial charge on any atom is 0.254 e. The number of amides is 1. The van der Waals surface area contributed by atoms with E-state index in [1.54, 1.807) is 0 Å². The van der Waals surface area contributed by atoms with Crippen molar-refractivity contribution in [3.8, 4) is 0 Å². The zero-order valence-corrected chi connectivity index (χ0v) is 10.1. The van der Waals surface area contributed by atoms with Crippen LogP contribution in [0.25, 0.3) is 0 Å². The van der Waals surface area contributed by atoms with Gasteiger partial charge in [0.15, 0.2) is 0 Å². The maximum atomic E-state index is 13.4. The fourth-order valence-electron chi connectivity index (χ4n) is 1.58. The number of hydrogen-bond acceptors (Lipinski definition) is 3. The van der Waals surface area contributed by atoms with Crippen molar-refractivity contribution in [3.05, 3.63) is 29.6 Å². The molecule has 0 saturated heterocycles. The number of nitrogens with two attached hydrogens (primary N) is 1. The molecule has 1 aromatic carbocycles. The number of carbonyl (C=O) groups excluding carboxylic acids is 1. The molecule has 0 aromatic heterocycles. The lowest BCUT2D eigenvalue weighted by molar-refractivity contribution is 0.0903. The predicted molar refractivity (Wildman–Crippen MR) is 66.7 cm³/mol. The fraction of sp³-hybridized carbons (Fsp3) is 0.462. The van der Waals surface area contributed by atoms with Gasteiger partial charge in [0, 0.05) is 18.8 Å². The summed E-state index contributed by atoms with van der Waals surface area (Å²) in [6, 6.07) is 4.02. The SMILES string of the molecule is Nc1ccc(C(=O)NCCOCC2CC2)c(F)c1. The van der Waals surface area contributed by atoms with E-state index in [0.29, 0.717) is 24.8 Å². The van der Waals surface area contributed by atoms with Gasteiger partial charge in [0.1, 0.15) is 5.82 Å². The van der Waals surface area contributed by atoms with E-state index in [1.165, 1.54) is 25.0 Å². The highest BCUT2D eigenvalue weighted by molar-refractivity contribution is 5.94. The van der Waals surface area contributed by atoms with Crippen LogP contribution >= 0.6 is 0 Å². The summed E-state index contributed by atoms with van der Waals surface area (Å²) in [5.74, 6) is -0.343. The summed E-state index contributed by atoms with van der Waals surface area (Å²) in [5.41, 5.74) is 5.72. The molecule has 0 unspecified atom stereocenters. The van der Waals surface area contributed by atoms with Gasteiger partial charge >= 0.3 is 0 Å². The zero-order valence-electron chi connectivity index (χ0n) is 10.1. The first-order valence-electron chi connectivity index (χ1n) is 6.08. The lowest BCUT2D eigenvalue weighted by Gasteiger charge is -2.07. The minimum atomic E-state index is -0.605. The third-order valence-electron chi connectivity index (χ3n) is 2.82. The fourth-order valence-corrected chi connectivity index (χ4v) is 1.58. The third kappa shape index (κ3) is 3.70. The van der Waals surface area contributed by atoms with Crippen molar-refractivity contribution < 1.29 is 13.9 Å². The van der Waals surface area contributed by atoms with Crippen molar-refractivity contribution in [1.82, 2.24) is 5.32 Å². The second kappa shape index (κ2) is 5.82. The van der Waals surface area contributed by atoms with Gasteiger partial charge in [-0.3, -0.25) is 4.79 Å². The summed E-state index contributed by atoms with van der Waals surface area (Å²) in [7, 11) is 0. The molecule has 4 nitrogen and oxygen atoms in total. The minimum Gasteiger partial charge on any atom is -0.399 e. The number of nitrogens with one attached hydrogen (secondary N) is 1. The highest BCUT2D eigenvalue weighted by Crippen LogP contribution is 2.28. The van der Waals surface area contributed by atoms with Crippen molar-refractivity contribution in [1.29, 1.82) is 0 Å². The summed E-state index contributed by atoms with van der Waals surface area (Å²) < 4.78 is 18.8. The van der Waals surface area contributed by atoms with Crippen LogP contribution in [0.1, 0.15) is 23.2 Å². The molecule has 0 spiro atoms. The average molecular weight is 252 g/mol. The Balaban J connectivity index is 1.72. The maximum absolute atomic E-state index is 13.4. The Hall–Kier alpha value is -1.62. The van der Waals surface area contributed by atoms with Gasteiger partial charge in [-0.2, -0.15) is 0 Å².